The van der Waals surface area contributed by atoms with Gasteiger partial charge in [0.25, 0.3) is 0 Å². The van der Waals surface area contributed by atoms with Gasteiger partial charge in [-0.1, -0.05) is 13.8 Å². The monoisotopic (exact) mass is 257 g/mol. The molecule has 0 atom stereocenters. The fraction of sp³-hybridized carbons (Fsp3) is 0.545. The van der Waals surface area contributed by atoms with E-state index in [1.54, 1.807) is 6.07 Å². The summed E-state index contributed by atoms with van der Waals surface area (Å²) in [5.74, 6) is 0.547. The Bertz CT molecular complexity index is 359. The van der Waals surface area contributed by atoms with Gasteiger partial charge in [-0.2, -0.15) is 0 Å². The van der Waals surface area contributed by atoms with Crippen molar-refractivity contribution >= 4 is 15.9 Å². The largest absolute Gasteiger partial charge is 0.254 e. The van der Waals surface area contributed by atoms with E-state index in [1.807, 2.05) is 0 Å². The fourth-order valence-electron chi connectivity index (χ4n) is 1.46. The Morgan fingerprint density at radius 1 is 1.50 bits per heavy atom. The van der Waals surface area contributed by atoms with E-state index in [0.717, 1.165) is 18.5 Å². The van der Waals surface area contributed by atoms with Crippen LogP contribution < -0.4 is 0 Å². The first kappa shape index (κ1) is 10.1. The Morgan fingerprint density at radius 3 is 2.64 bits per heavy atom. The topological polar surface area (TPSA) is 12.9 Å². The maximum Gasteiger partial charge on any atom is 0.159 e. The zero-order chi connectivity index (χ0) is 10.3. The lowest BCUT2D eigenvalue weighted by Gasteiger charge is -2.09. The summed E-state index contributed by atoms with van der Waals surface area (Å²) >= 11 is 3.25. The Labute approximate surface area is 91.9 Å². The zero-order valence-electron chi connectivity index (χ0n) is 8.35. The maximum atomic E-state index is 13.6. The first-order chi connectivity index (χ1) is 6.59. The molecule has 0 saturated heterocycles. The van der Waals surface area contributed by atoms with E-state index in [-0.39, 0.29) is 5.82 Å². The first-order valence-corrected chi connectivity index (χ1v) is 5.74. The molecule has 1 aliphatic carbocycles. The van der Waals surface area contributed by atoms with Crippen LogP contribution in [0, 0.1) is 5.82 Å². The quantitative estimate of drug-likeness (QED) is 0.781. The minimum atomic E-state index is -0.170. The predicted molar refractivity (Wildman–Crippen MR) is 58.0 cm³/mol. The number of pyridine rings is 1. The summed E-state index contributed by atoms with van der Waals surface area (Å²) in [5.41, 5.74) is 1.63. The molecule has 1 saturated carbocycles. The van der Waals surface area contributed by atoms with Gasteiger partial charge in [0, 0.05) is 11.6 Å². The SMILES string of the molecule is CC(C)c1cc(Br)c(F)c(C2CC2)n1. The van der Waals surface area contributed by atoms with Crippen LogP contribution in [0.3, 0.4) is 0 Å². The molecule has 0 radical (unpaired) electrons. The summed E-state index contributed by atoms with van der Waals surface area (Å²) in [6, 6.07) is 1.78. The third kappa shape index (κ3) is 1.83. The second-order valence-electron chi connectivity index (χ2n) is 4.16. The standard InChI is InChI=1S/C11H13BrFN/c1-6(2)9-5-8(12)10(13)11(14-9)7-3-4-7/h5-7H,3-4H2,1-2H3. The Balaban J connectivity index is 2.46. The number of aromatic nitrogens is 1. The highest BCUT2D eigenvalue weighted by Gasteiger charge is 2.29. The van der Waals surface area contributed by atoms with Crippen molar-refractivity contribution in [1.29, 1.82) is 0 Å². The van der Waals surface area contributed by atoms with Gasteiger partial charge in [-0.25, -0.2) is 4.39 Å². The van der Waals surface area contributed by atoms with Crippen molar-refractivity contribution < 1.29 is 4.39 Å². The van der Waals surface area contributed by atoms with E-state index in [2.05, 4.69) is 34.8 Å². The molecule has 0 bridgehead atoms. The summed E-state index contributed by atoms with van der Waals surface area (Å²) in [6.45, 7) is 4.15. The lowest BCUT2D eigenvalue weighted by atomic mass is 10.1. The molecule has 1 nitrogen and oxygen atoms in total. The molecule has 0 unspecified atom stereocenters. The van der Waals surface area contributed by atoms with Gasteiger partial charge in [0.05, 0.1) is 10.2 Å². The van der Waals surface area contributed by atoms with Gasteiger partial charge < -0.3 is 0 Å². The summed E-state index contributed by atoms with van der Waals surface area (Å²) in [5, 5.41) is 0. The lowest BCUT2D eigenvalue weighted by Crippen LogP contribution is -2.01. The van der Waals surface area contributed by atoms with Crippen LogP contribution in [0.5, 0.6) is 0 Å². The van der Waals surface area contributed by atoms with Crippen LogP contribution in [0.1, 0.15) is 49.9 Å². The molecule has 3 heteroatoms. The number of rotatable bonds is 2. The second kappa shape index (κ2) is 3.61. The van der Waals surface area contributed by atoms with E-state index in [4.69, 9.17) is 0 Å². The van der Waals surface area contributed by atoms with E-state index in [1.165, 1.54) is 0 Å². The number of nitrogens with zero attached hydrogens (tertiary/aromatic N) is 1. The van der Waals surface area contributed by atoms with Crippen LogP contribution in [0.2, 0.25) is 0 Å². The van der Waals surface area contributed by atoms with E-state index < -0.39 is 0 Å². The minimum Gasteiger partial charge on any atom is -0.254 e. The molecule has 1 aromatic heterocycles. The summed E-state index contributed by atoms with van der Waals surface area (Å²) in [7, 11) is 0. The van der Waals surface area contributed by atoms with E-state index in [0.29, 0.717) is 22.0 Å². The molecular weight excluding hydrogens is 245 g/mol. The minimum absolute atomic E-state index is 0.170. The predicted octanol–water partition coefficient (Wildman–Crippen LogP) is 3.98. The van der Waals surface area contributed by atoms with Gasteiger partial charge >= 0.3 is 0 Å². The molecule has 1 fully saturated rings. The first-order valence-electron chi connectivity index (χ1n) is 4.95. The molecule has 1 heterocycles. The average Bonchev–Trinajstić information content (AvgIpc) is 2.92. The fourth-order valence-corrected chi connectivity index (χ4v) is 1.90. The van der Waals surface area contributed by atoms with Crippen molar-refractivity contribution in [3.8, 4) is 0 Å². The highest BCUT2D eigenvalue weighted by molar-refractivity contribution is 9.10. The summed E-state index contributed by atoms with van der Waals surface area (Å²) < 4.78 is 14.2. The van der Waals surface area contributed by atoms with Gasteiger partial charge in [0.15, 0.2) is 5.82 Å². The molecule has 1 aromatic rings. The van der Waals surface area contributed by atoms with Crippen molar-refractivity contribution in [2.24, 2.45) is 0 Å². The van der Waals surface area contributed by atoms with Gasteiger partial charge in [-0.3, -0.25) is 4.98 Å². The third-order valence-electron chi connectivity index (χ3n) is 2.51. The van der Waals surface area contributed by atoms with Crippen molar-refractivity contribution in [3.05, 3.63) is 27.7 Å². The van der Waals surface area contributed by atoms with Crippen LogP contribution in [-0.4, -0.2) is 4.98 Å². The van der Waals surface area contributed by atoms with E-state index >= 15 is 0 Å². The molecule has 1 aliphatic rings. The number of hydrogen-bond donors (Lipinski definition) is 0. The molecule has 0 spiro atoms. The van der Waals surface area contributed by atoms with Crippen LogP contribution >= 0.6 is 15.9 Å². The maximum absolute atomic E-state index is 13.6. The van der Waals surface area contributed by atoms with Gasteiger partial charge in [0.2, 0.25) is 0 Å². The van der Waals surface area contributed by atoms with Crippen molar-refractivity contribution in [3.63, 3.8) is 0 Å². The second-order valence-corrected chi connectivity index (χ2v) is 5.01. The lowest BCUT2D eigenvalue weighted by molar-refractivity contribution is 0.587. The summed E-state index contributed by atoms with van der Waals surface area (Å²) in [6.07, 6.45) is 2.16. The normalized spacial score (nSPS) is 16.4. The van der Waals surface area contributed by atoms with Gasteiger partial charge in [-0.05, 0) is 40.8 Å². The van der Waals surface area contributed by atoms with Crippen LogP contribution in [-0.2, 0) is 0 Å². The van der Waals surface area contributed by atoms with Crippen molar-refractivity contribution in [1.82, 2.24) is 4.98 Å². The zero-order valence-corrected chi connectivity index (χ0v) is 9.94. The smallest absolute Gasteiger partial charge is 0.159 e. The van der Waals surface area contributed by atoms with Crippen LogP contribution in [0.25, 0.3) is 0 Å². The molecule has 0 N–H and O–H groups in total. The Hall–Kier alpha value is -0.440. The number of hydrogen-bond acceptors (Lipinski definition) is 1. The molecular formula is C11H13BrFN. The summed E-state index contributed by atoms with van der Waals surface area (Å²) in [4.78, 5) is 4.39. The van der Waals surface area contributed by atoms with Crippen molar-refractivity contribution in [2.45, 2.75) is 38.5 Å². The van der Waals surface area contributed by atoms with Crippen LogP contribution in [0.15, 0.2) is 10.5 Å². The average molecular weight is 258 g/mol. The van der Waals surface area contributed by atoms with E-state index in [9.17, 15) is 4.39 Å². The molecule has 14 heavy (non-hydrogen) atoms. The Kier molecular flexibility index (Phi) is 2.60. The highest BCUT2D eigenvalue weighted by atomic mass is 79.9. The molecule has 0 amide bonds. The van der Waals surface area contributed by atoms with Crippen molar-refractivity contribution in [2.75, 3.05) is 0 Å². The molecule has 2 rings (SSSR count). The molecule has 0 aliphatic heterocycles. The van der Waals surface area contributed by atoms with Gasteiger partial charge in [-0.15, -0.1) is 0 Å². The highest BCUT2D eigenvalue weighted by Crippen LogP contribution is 2.42. The molecule has 76 valence electrons. The van der Waals surface area contributed by atoms with Crippen LogP contribution in [0.4, 0.5) is 4.39 Å². The number of halogens is 2. The van der Waals surface area contributed by atoms with Gasteiger partial charge in [0.1, 0.15) is 0 Å². The molecule has 0 aromatic carbocycles. The third-order valence-corrected chi connectivity index (χ3v) is 3.09. The Morgan fingerprint density at radius 2 is 2.14 bits per heavy atom.